The van der Waals surface area contributed by atoms with Crippen LogP contribution in [-0.4, -0.2) is 30.1 Å². The number of carbonyl (C=O) groups is 2. The fourth-order valence-corrected chi connectivity index (χ4v) is 3.18. The number of hydrogen-bond donors (Lipinski definition) is 2. The Bertz CT molecular complexity index is 816. The van der Waals surface area contributed by atoms with Crippen molar-refractivity contribution in [3.63, 3.8) is 0 Å². The highest BCUT2D eigenvalue weighted by Gasteiger charge is 2.31. The van der Waals surface area contributed by atoms with Gasteiger partial charge in [0.2, 0.25) is 5.91 Å². The first-order chi connectivity index (χ1) is 12.5. The Labute approximate surface area is 153 Å². The topological polar surface area (TPSA) is 75.6 Å². The molecule has 1 heterocycles. The van der Waals surface area contributed by atoms with Crippen LogP contribution in [0.25, 0.3) is 0 Å². The van der Waals surface area contributed by atoms with Crippen molar-refractivity contribution in [2.45, 2.75) is 26.2 Å². The van der Waals surface area contributed by atoms with Crippen LogP contribution in [0.5, 0.6) is 5.75 Å². The van der Waals surface area contributed by atoms with E-state index >= 15 is 0 Å². The maximum atomic E-state index is 12.6. The van der Waals surface area contributed by atoms with E-state index in [1.807, 2.05) is 56.3 Å². The Morgan fingerprint density at radius 1 is 1.19 bits per heavy atom. The molecule has 136 valence electrons. The molecule has 0 radical (unpaired) electrons. The summed E-state index contributed by atoms with van der Waals surface area (Å²) in [4.78, 5) is 24.1. The molecule has 2 atom stereocenters. The number of aliphatic carboxylic acids is 1. The zero-order valence-electron chi connectivity index (χ0n) is 15.0. The third-order valence-corrected chi connectivity index (χ3v) is 4.92. The highest BCUT2D eigenvalue weighted by Crippen LogP contribution is 2.36. The Morgan fingerprint density at radius 2 is 1.88 bits per heavy atom. The largest absolute Gasteiger partial charge is 0.492 e. The van der Waals surface area contributed by atoms with Crippen molar-refractivity contribution >= 4 is 11.9 Å². The number of ether oxygens (including phenoxy) is 1. The zero-order valence-corrected chi connectivity index (χ0v) is 15.0. The summed E-state index contributed by atoms with van der Waals surface area (Å²) in [5, 5.41) is 12.3. The van der Waals surface area contributed by atoms with E-state index < -0.39 is 17.8 Å². The first-order valence-electron chi connectivity index (χ1n) is 8.74. The van der Waals surface area contributed by atoms with E-state index in [-0.39, 0.29) is 12.5 Å². The minimum absolute atomic E-state index is 0.0970. The predicted octanol–water partition coefficient (Wildman–Crippen LogP) is 2.84. The summed E-state index contributed by atoms with van der Waals surface area (Å²) in [6.45, 7) is 4.40. The zero-order chi connectivity index (χ0) is 18.7. The first-order valence-corrected chi connectivity index (χ1v) is 8.74. The van der Waals surface area contributed by atoms with Crippen LogP contribution in [0.3, 0.4) is 0 Å². The molecular weight excluding hydrogens is 330 g/mol. The number of hydrogen-bond acceptors (Lipinski definition) is 3. The molecule has 5 heteroatoms. The smallest absolute Gasteiger partial charge is 0.308 e. The van der Waals surface area contributed by atoms with Crippen LogP contribution in [0.2, 0.25) is 0 Å². The van der Waals surface area contributed by atoms with Gasteiger partial charge in [-0.2, -0.15) is 0 Å². The Balaban J connectivity index is 1.65. The molecule has 2 N–H and O–H groups in total. The number of aryl methyl sites for hydroxylation is 2. The van der Waals surface area contributed by atoms with E-state index in [0.717, 1.165) is 28.0 Å². The molecule has 0 bridgehead atoms. The van der Waals surface area contributed by atoms with Crippen molar-refractivity contribution < 1.29 is 19.4 Å². The third kappa shape index (κ3) is 3.87. The van der Waals surface area contributed by atoms with Crippen molar-refractivity contribution in [2.24, 2.45) is 5.92 Å². The molecule has 0 saturated carbocycles. The molecule has 1 aliphatic rings. The van der Waals surface area contributed by atoms with Crippen LogP contribution < -0.4 is 10.1 Å². The fraction of sp³-hybridized carbons (Fsp3) is 0.333. The first kappa shape index (κ1) is 18.0. The minimum Gasteiger partial charge on any atom is -0.492 e. The summed E-state index contributed by atoms with van der Waals surface area (Å²) in [6, 6.07) is 13.4. The van der Waals surface area contributed by atoms with Crippen molar-refractivity contribution in [1.82, 2.24) is 5.32 Å². The number of amides is 1. The Hall–Kier alpha value is -2.82. The minimum atomic E-state index is -0.913. The van der Waals surface area contributed by atoms with Crippen LogP contribution >= 0.6 is 0 Å². The van der Waals surface area contributed by atoms with E-state index in [9.17, 15) is 14.7 Å². The average molecular weight is 353 g/mol. The van der Waals surface area contributed by atoms with Gasteiger partial charge in [-0.05, 0) is 43.0 Å². The summed E-state index contributed by atoms with van der Waals surface area (Å²) in [7, 11) is 0. The van der Waals surface area contributed by atoms with Gasteiger partial charge in [0.05, 0.1) is 5.92 Å². The van der Waals surface area contributed by atoms with Gasteiger partial charge < -0.3 is 15.2 Å². The number of carbonyl (C=O) groups excluding carboxylic acids is 1. The lowest BCUT2D eigenvalue weighted by Gasteiger charge is -2.16. The van der Waals surface area contributed by atoms with Crippen LogP contribution in [-0.2, 0) is 16.0 Å². The van der Waals surface area contributed by atoms with E-state index in [4.69, 9.17) is 4.74 Å². The molecular formula is C21H23NO4. The lowest BCUT2D eigenvalue weighted by atomic mass is 9.95. The monoisotopic (exact) mass is 353 g/mol. The van der Waals surface area contributed by atoms with Crippen molar-refractivity contribution in [3.8, 4) is 5.75 Å². The highest BCUT2D eigenvalue weighted by atomic mass is 16.5. The van der Waals surface area contributed by atoms with E-state index in [2.05, 4.69) is 5.32 Å². The van der Waals surface area contributed by atoms with E-state index in [1.54, 1.807) is 0 Å². The van der Waals surface area contributed by atoms with Gasteiger partial charge in [-0.1, -0.05) is 36.4 Å². The van der Waals surface area contributed by atoms with Crippen molar-refractivity contribution in [3.05, 3.63) is 64.7 Å². The molecule has 26 heavy (non-hydrogen) atoms. The van der Waals surface area contributed by atoms with Gasteiger partial charge in [0.1, 0.15) is 18.3 Å². The molecule has 0 spiro atoms. The summed E-state index contributed by atoms with van der Waals surface area (Å²) < 4.78 is 5.64. The predicted molar refractivity (Wildman–Crippen MR) is 98.4 cm³/mol. The molecule has 5 nitrogen and oxygen atoms in total. The Morgan fingerprint density at radius 3 is 2.58 bits per heavy atom. The van der Waals surface area contributed by atoms with E-state index in [0.29, 0.717) is 13.0 Å². The van der Waals surface area contributed by atoms with Gasteiger partial charge in [-0.3, -0.25) is 9.59 Å². The molecule has 2 aromatic carbocycles. The second-order valence-corrected chi connectivity index (χ2v) is 6.81. The number of carboxylic acid groups (broad SMARTS) is 1. The Kier molecular flexibility index (Phi) is 5.26. The standard InChI is InChI=1S/C21H23NO4/c1-13-8-17-18(12-26-19(17)9-14(13)2)20(23)22-11-16(21(24)25)10-15-6-4-3-5-7-15/h3-9,16,18H,10-12H2,1-2H3,(H,22,23)(H,24,25). The molecule has 0 aromatic heterocycles. The maximum absolute atomic E-state index is 12.6. The number of nitrogens with one attached hydrogen (secondary N) is 1. The van der Waals surface area contributed by atoms with E-state index in [1.165, 1.54) is 0 Å². The molecule has 3 rings (SSSR count). The number of fused-ring (bicyclic) bond motifs is 1. The summed E-state index contributed by atoms with van der Waals surface area (Å²) in [5.74, 6) is -1.42. The van der Waals surface area contributed by atoms with Crippen LogP contribution in [0.1, 0.15) is 28.2 Å². The van der Waals surface area contributed by atoms with Gasteiger partial charge in [0.25, 0.3) is 0 Å². The molecule has 1 amide bonds. The summed E-state index contributed by atoms with van der Waals surface area (Å²) in [5.41, 5.74) is 4.05. The van der Waals surface area contributed by atoms with Gasteiger partial charge in [-0.25, -0.2) is 0 Å². The van der Waals surface area contributed by atoms with Gasteiger partial charge in [-0.15, -0.1) is 0 Å². The normalized spacial score (nSPS) is 16.5. The van der Waals surface area contributed by atoms with Gasteiger partial charge in [0, 0.05) is 12.1 Å². The molecule has 0 saturated heterocycles. The SMILES string of the molecule is Cc1cc2c(cc1C)C(C(=O)NCC(Cc1ccccc1)C(=O)O)CO2. The second-order valence-electron chi connectivity index (χ2n) is 6.81. The molecule has 1 aliphatic heterocycles. The van der Waals surface area contributed by atoms with Gasteiger partial charge >= 0.3 is 5.97 Å². The lowest BCUT2D eigenvalue weighted by Crippen LogP contribution is -2.37. The fourth-order valence-electron chi connectivity index (χ4n) is 3.18. The lowest BCUT2D eigenvalue weighted by molar-refractivity contribution is -0.141. The maximum Gasteiger partial charge on any atom is 0.308 e. The molecule has 2 aromatic rings. The van der Waals surface area contributed by atoms with Gasteiger partial charge in [0.15, 0.2) is 0 Å². The van der Waals surface area contributed by atoms with Crippen LogP contribution in [0.4, 0.5) is 0 Å². The van der Waals surface area contributed by atoms with Crippen molar-refractivity contribution in [1.29, 1.82) is 0 Å². The quantitative estimate of drug-likeness (QED) is 0.837. The molecule has 2 unspecified atom stereocenters. The highest BCUT2D eigenvalue weighted by molar-refractivity contribution is 5.86. The van der Waals surface area contributed by atoms with Crippen LogP contribution in [0.15, 0.2) is 42.5 Å². The second kappa shape index (κ2) is 7.60. The average Bonchev–Trinajstić information content (AvgIpc) is 3.02. The summed E-state index contributed by atoms with van der Waals surface area (Å²) in [6.07, 6.45) is 0.381. The van der Waals surface area contributed by atoms with Crippen molar-refractivity contribution in [2.75, 3.05) is 13.2 Å². The third-order valence-electron chi connectivity index (χ3n) is 4.92. The van der Waals surface area contributed by atoms with Crippen LogP contribution in [0, 0.1) is 19.8 Å². The summed E-state index contributed by atoms with van der Waals surface area (Å²) >= 11 is 0. The number of benzene rings is 2. The molecule has 0 aliphatic carbocycles. The number of rotatable bonds is 6. The molecule has 0 fully saturated rings. The number of carboxylic acids is 1.